The summed E-state index contributed by atoms with van der Waals surface area (Å²) >= 11 is 10.7. The van der Waals surface area contributed by atoms with E-state index >= 15 is 0 Å². The van der Waals surface area contributed by atoms with Gasteiger partial charge in [-0.3, -0.25) is 10.5 Å². The second kappa shape index (κ2) is 6.38. The molecule has 0 radical (unpaired) electrons. The zero-order chi connectivity index (χ0) is 14.7. The number of thiazole rings is 1. The van der Waals surface area contributed by atoms with Crippen molar-refractivity contribution in [3.8, 4) is 11.3 Å². The molecule has 0 atom stereocenters. The van der Waals surface area contributed by atoms with Crippen molar-refractivity contribution in [1.82, 2.24) is 15.2 Å². The molecule has 8 heteroatoms. The van der Waals surface area contributed by atoms with Crippen molar-refractivity contribution in [1.29, 1.82) is 0 Å². The van der Waals surface area contributed by atoms with Gasteiger partial charge in [-0.1, -0.05) is 23.7 Å². The van der Waals surface area contributed by atoms with E-state index < -0.39 is 0 Å². The molecule has 5 nitrogen and oxygen atoms in total. The van der Waals surface area contributed by atoms with Gasteiger partial charge in [-0.25, -0.2) is 4.98 Å². The monoisotopic (exact) mass is 381 g/mol. The zero-order valence-electron chi connectivity index (χ0n) is 10.5. The van der Waals surface area contributed by atoms with Gasteiger partial charge in [-0.2, -0.15) is 10.2 Å². The van der Waals surface area contributed by atoms with Crippen LogP contribution >= 0.6 is 38.9 Å². The molecule has 2 heterocycles. The van der Waals surface area contributed by atoms with Crippen molar-refractivity contribution in [2.24, 2.45) is 5.10 Å². The third kappa shape index (κ3) is 3.49. The number of nitrogens with zero attached hydrogens (tertiary/aromatic N) is 3. The third-order valence-corrected chi connectivity index (χ3v) is 4.25. The molecular formula is C13H9BrClN5S. The summed E-state index contributed by atoms with van der Waals surface area (Å²) in [5, 5.41) is 14.2. The van der Waals surface area contributed by atoms with Crippen LogP contribution < -0.4 is 5.43 Å². The molecule has 0 saturated heterocycles. The highest BCUT2D eigenvalue weighted by Gasteiger charge is 2.04. The lowest BCUT2D eigenvalue weighted by molar-refractivity contribution is 1.08. The molecule has 1 aromatic carbocycles. The van der Waals surface area contributed by atoms with Crippen molar-refractivity contribution in [2.45, 2.75) is 0 Å². The summed E-state index contributed by atoms with van der Waals surface area (Å²) in [5.41, 5.74) is 5.59. The van der Waals surface area contributed by atoms with E-state index in [9.17, 15) is 0 Å². The molecule has 0 aliphatic carbocycles. The second-order valence-electron chi connectivity index (χ2n) is 4.05. The Morgan fingerprint density at radius 1 is 1.33 bits per heavy atom. The summed E-state index contributed by atoms with van der Waals surface area (Å²) in [4.78, 5) is 4.46. The number of aromatic nitrogens is 3. The number of rotatable bonds is 4. The van der Waals surface area contributed by atoms with Gasteiger partial charge in [0.1, 0.15) is 0 Å². The van der Waals surface area contributed by atoms with E-state index in [1.807, 2.05) is 29.6 Å². The topological polar surface area (TPSA) is 66.0 Å². The number of hydrogen-bond acceptors (Lipinski definition) is 5. The van der Waals surface area contributed by atoms with Crippen LogP contribution in [0, 0.1) is 0 Å². The summed E-state index contributed by atoms with van der Waals surface area (Å²) < 4.78 is 0.856. The second-order valence-corrected chi connectivity index (χ2v) is 6.20. The Hall–Kier alpha value is -1.70. The van der Waals surface area contributed by atoms with Gasteiger partial charge in [0.15, 0.2) is 0 Å². The van der Waals surface area contributed by atoms with Crippen molar-refractivity contribution in [2.75, 3.05) is 5.43 Å². The van der Waals surface area contributed by atoms with Crippen molar-refractivity contribution < 1.29 is 0 Å². The largest absolute Gasteiger partial charge is 0.276 e. The SMILES string of the molecule is Clc1ccc(-c2csc(N/N=C\c3[nH]ncc3Br)n2)cc1. The number of benzene rings is 1. The maximum atomic E-state index is 5.87. The molecule has 0 bridgehead atoms. The molecule has 0 spiro atoms. The summed E-state index contributed by atoms with van der Waals surface area (Å²) in [7, 11) is 0. The van der Waals surface area contributed by atoms with Crippen molar-refractivity contribution in [3.05, 3.63) is 51.0 Å². The van der Waals surface area contributed by atoms with Gasteiger partial charge in [0, 0.05) is 16.0 Å². The summed E-state index contributed by atoms with van der Waals surface area (Å²) in [6, 6.07) is 7.56. The first kappa shape index (κ1) is 14.2. The Morgan fingerprint density at radius 2 is 2.14 bits per heavy atom. The van der Waals surface area contributed by atoms with E-state index in [0.717, 1.165) is 21.4 Å². The van der Waals surface area contributed by atoms with Gasteiger partial charge >= 0.3 is 0 Å². The highest BCUT2D eigenvalue weighted by Crippen LogP contribution is 2.25. The standard InChI is InChI=1S/C13H9BrClN5S/c14-10-5-16-19-11(10)6-17-20-13-18-12(7-21-13)8-1-3-9(15)4-2-8/h1-7H,(H,16,19)(H,18,20)/b17-6-. The summed E-state index contributed by atoms with van der Waals surface area (Å²) in [6.07, 6.45) is 3.31. The molecule has 21 heavy (non-hydrogen) atoms. The van der Waals surface area contributed by atoms with Crippen LogP contribution in [0.25, 0.3) is 11.3 Å². The van der Waals surface area contributed by atoms with Gasteiger partial charge in [0.2, 0.25) is 5.13 Å². The highest BCUT2D eigenvalue weighted by atomic mass is 79.9. The van der Waals surface area contributed by atoms with E-state index in [1.165, 1.54) is 11.3 Å². The lowest BCUT2D eigenvalue weighted by Gasteiger charge is -1.96. The average molecular weight is 383 g/mol. The Balaban J connectivity index is 1.69. The van der Waals surface area contributed by atoms with Gasteiger partial charge in [0.05, 0.1) is 28.3 Å². The first-order chi connectivity index (χ1) is 10.2. The number of halogens is 2. The number of nitrogens with one attached hydrogen (secondary N) is 2. The smallest absolute Gasteiger partial charge is 0.203 e. The van der Waals surface area contributed by atoms with Crippen LogP contribution in [-0.2, 0) is 0 Å². The zero-order valence-corrected chi connectivity index (χ0v) is 13.7. The molecule has 3 rings (SSSR count). The Kier molecular flexibility index (Phi) is 4.33. The molecule has 106 valence electrons. The minimum absolute atomic E-state index is 0.710. The van der Waals surface area contributed by atoms with Crippen LogP contribution in [0.15, 0.2) is 45.4 Å². The Morgan fingerprint density at radius 3 is 2.86 bits per heavy atom. The van der Waals surface area contributed by atoms with Crippen LogP contribution in [0.3, 0.4) is 0 Å². The van der Waals surface area contributed by atoms with E-state index in [0.29, 0.717) is 10.2 Å². The molecule has 0 saturated carbocycles. The Labute approximate surface area is 138 Å². The van der Waals surface area contributed by atoms with Gasteiger partial charge in [0.25, 0.3) is 0 Å². The lowest BCUT2D eigenvalue weighted by atomic mass is 10.2. The van der Waals surface area contributed by atoms with Gasteiger partial charge in [-0.15, -0.1) is 11.3 Å². The maximum absolute atomic E-state index is 5.87. The summed E-state index contributed by atoms with van der Waals surface area (Å²) in [5.74, 6) is 0. The lowest BCUT2D eigenvalue weighted by Crippen LogP contribution is -1.91. The fraction of sp³-hybridized carbons (Fsp3) is 0. The molecule has 3 aromatic rings. The van der Waals surface area contributed by atoms with Crippen LogP contribution in [0.1, 0.15) is 5.69 Å². The fourth-order valence-electron chi connectivity index (χ4n) is 1.60. The molecule has 2 aromatic heterocycles. The minimum atomic E-state index is 0.710. The van der Waals surface area contributed by atoms with E-state index in [1.54, 1.807) is 12.4 Å². The van der Waals surface area contributed by atoms with E-state index in [-0.39, 0.29) is 0 Å². The molecular weight excluding hydrogens is 374 g/mol. The first-order valence-corrected chi connectivity index (χ1v) is 7.97. The van der Waals surface area contributed by atoms with Crippen LogP contribution in [0.2, 0.25) is 5.02 Å². The van der Waals surface area contributed by atoms with E-state index in [2.05, 4.69) is 41.6 Å². The predicted octanol–water partition coefficient (Wildman–Crippen LogP) is 4.40. The molecule has 0 aliphatic rings. The van der Waals surface area contributed by atoms with Crippen LogP contribution in [0.5, 0.6) is 0 Å². The molecule has 0 amide bonds. The van der Waals surface area contributed by atoms with Crippen LogP contribution in [-0.4, -0.2) is 21.4 Å². The number of anilines is 1. The average Bonchev–Trinajstić information content (AvgIpc) is 3.10. The van der Waals surface area contributed by atoms with Crippen molar-refractivity contribution >= 4 is 50.2 Å². The third-order valence-electron chi connectivity index (χ3n) is 2.62. The van der Waals surface area contributed by atoms with Crippen molar-refractivity contribution in [3.63, 3.8) is 0 Å². The molecule has 2 N–H and O–H groups in total. The number of H-pyrrole nitrogens is 1. The molecule has 0 unspecified atom stereocenters. The van der Waals surface area contributed by atoms with Gasteiger partial charge < -0.3 is 0 Å². The fourth-order valence-corrected chi connectivity index (χ4v) is 2.69. The Bertz CT molecular complexity index is 765. The number of hydrogen-bond donors (Lipinski definition) is 2. The summed E-state index contributed by atoms with van der Waals surface area (Å²) in [6.45, 7) is 0. The first-order valence-electron chi connectivity index (χ1n) is 5.92. The van der Waals surface area contributed by atoms with Crippen LogP contribution in [0.4, 0.5) is 5.13 Å². The number of hydrazone groups is 1. The maximum Gasteiger partial charge on any atom is 0.203 e. The quantitative estimate of drug-likeness (QED) is 0.519. The number of aromatic amines is 1. The van der Waals surface area contributed by atoms with Gasteiger partial charge in [-0.05, 0) is 28.1 Å². The predicted molar refractivity (Wildman–Crippen MR) is 90.1 cm³/mol. The molecule has 0 fully saturated rings. The highest BCUT2D eigenvalue weighted by molar-refractivity contribution is 9.10. The minimum Gasteiger partial charge on any atom is -0.276 e. The molecule has 0 aliphatic heterocycles. The normalized spacial score (nSPS) is 11.1. The van der Waals surface area contributed by atoms with E-state index in [4.69, 9.17) is 11.6 Å².